The molecule has 2 aromatic carbocycles. The molecule has 0 aliphatic heterocycles. The van der Waals surface area contributed by atoms with Gasteiger partial charge in [0.2, 0.25) is 0 Å². The van der Waals surface area contributed by atoms with E-state index in [1.807, 2.05) is 76.2 Å². The molecule has 0 amide bonds. The lowest BCUT2D eigenvalue weighted by atomic mass is 10.0. The molecule has 0 aliphatic carbocycles. The number of carboxylic acid groups (broad SMARTS) is 1. The van der Waals surface area contributed by atoms with E-state index < -0.39 is 5.97 Å². The van der Waals surface area contributed by atoms with Gasteiger partial charge in [-0.15, -0.1) is 0 Å². The molecule has 1 unspecified atom stereocenters. The third-order valence-electron chi connectivity index (χ3n) is 3.97. The van der Waals surface area contributed by atoms with Crippen LogP contribution in [0.15, 0.2) is 48.5 Å². The first-order valence-corrected chi connectivity index (χ1v) is 8.84. The van der Waals surface area contributed by atoms with Crippen LogP contribution >= 0.6 is 0 Å². The highest BCUT2D eigenvalue weighted by Crippen LogP contribution is 2.17. The predicted molar refractivity (Wildman–Crippen MR) is 103 cm³/mol. The Morgan fingerprint density at radius 1 is 0.962 bits per heavy atom. The maximum absolute atomic E-state index is 11.4. The number of hydrogen-bond acceptors (Lipinski definition) is 3. The molecule has 4 heteroatoms. The molecule has 1 atom stereocenters. The summed E-state index contributed by atoms with van der Waals surface area (Å²) in [6, 6.07) is 15.9. The Bertz CT molecular complexity index is 687. The van der Waals surface area contributed by atoms with Gasteiger partial charge in [0.15, 0.2) is 0 Å². The van der Waals surface area contributed by atoms with E-state index in [0.717, 1.165) is 11.1 Å². The summed E-state index contributed by atoms with van der Waals surface area (Å²) < 4.78 is 4.95. The Morgan fingerprint density at radius 2 is 1.46 bits per heavy atom. The first-order chi connectivity index (χ1) is 12.3. The molecule has 0 saturated heterocycles. The fourth-order valence-corrected chi connectivity index (χ4v) is 2.26. The number of aryl methyl sites for hydroxylation is 3. The highest BCUT2D eigenvalue weighted by molar-refractivity contribution is 5.77. The van der Waals surface area contributed by atoms with Gasteiger partial charge in [0, 0.05) is 6.42 Å². The maximum atomic E-state index is 11.4. The van der Waals surface area contributed by atoms with Gasteiger partial charge in [-0.25, -0.2) is 0 Å². The number of hydrogen-bond donors (Lipinski definition) is 1. The molecule has 0 heterocycles. The van der Waals surface area contributed by atoms with Crippen LogP contribution in [0.25, 0.3) is 0 Å². The molecule has 0 spiro atoms. The quantitative estimate of drug-likeness (QED) is 0.764. The fourth-order valence-electron chi connectivity index (χ4n) is 2.26. The van der Waals surface area contributed by atoms with Gasteiger partial charge in [0.25, 0.3) is 0 Å². The van der Waals surface area contributed by atoms with Crippen LogP contribution in [-0.4, -0.2) is 23.7 Å². The van der Waals surface area contributed by atoms with Crippen LogP contribution in [0.2, 0.25) is 0 Å². The average Bonchev–Trinajstić information content (AvgIpc) is 2.62. The normalized spacial score (nSPS) is 11.1. The first-order valence-electron chi connectivity index (χ1n) is 8.84. The van der Waals surface area contributed by atoms with Crippen molar-refractivity contribution in [2.24, 2.45) is 0 Å². The van der Waals surface area contributed by atoms with Gasteiger partial charge < -0.3 is 9.84 Å². The number of rotatable bonds is 6. The summed E-state index contributed by atoms with van der Waals surface area (Å²) in [6.45, 7) is 8.16. The lowest BCUT2D eigenvalue weighted by Gasteiger charge is -2.10. The molecule has 2 rings (SSSR count). The van der Waals surface area contributed by atoms with Crippen LogP contribution in [-0.2, 0) is 20.7 Å². The van der Waals surface area contributed by atoms with Crippen LogP contribution in [0.4, 0.5) is 0 Å². The number of ether oxygens (including phenoxy) is 1. The molecule has 26 heavy (non-hydrogen) atoms. The van der Waals surface area contributed by atoms with Crippen molar-refractivity contribution < 1.29 is 19.4 Å². The SMILES string of the molecule is CCOC(=O)C(C)c1ccc(C)cc1.Cc1ccc(CCC(=O)O)cc1. The van der Waals surface area contributed by atoms with E-state index >= 15 is 0 Å². The highest BCUT2D eigenvalue weighted by atomic mass is 16.5. The summed E-state index contributed by atoms with van der Waals surface area (Å²) in [5.41, 5.74) is 4.50. The van der Waals surface area contributed by atoms with Crippen molar-refractivity contribution in [3.63, 3.8) is 0 Å². The molecular weight excluding hydrogens is 328 g/mol. The summed E-state index contributed by atoms with van der Waals surface area (Å²) in [5.74, 6) is -1.07. The molecular formula is C22H28O4. The Morgan fingerprint density at radius 3 is 1.92 bits per heavy atom. The van der Waals surface area contributed by atoms with E-state index in [4.69, 9.17) is 9.84 Å². The largest absolute Gasteiger partial charge is 0.481 e. The summed E-state index contributed by atoms with van der Waals surface area (Å²) in [5, 5.41) is 8.43. The molecule has 1 N–H and O–H groups in total. The number of aliphatic carboxylic acids is 1. The van der Waals surface area contributed by atoms with E-state index in [0.29, 0.717) is 13.0 Å². The zero-order chi connectivity index (χ0) is 19.5. The van der Waals surface area contributed by atoms with Gasteiger partial charge in [-0.05, 0) is 45.2 Å². The second kappa shape index (κ2) is 11.1. The van der Waals surface area contributed by atoms with Crippen molar-refractivity contribution >= 4 is 11.9 Å². The summed E-state index contributed by atoms with van der Waals surface area (Å²) in [4.78, 5) is 21.6. The maximum Gasteiger partial charge on any atom is 0.313 e. The van der Waals surface area contributed by atoms with Crippen LogP contribution in [0, 0.1) is 13.8 Å². The first kappa shape index (κ1) is 21.4. The number of carbonyl (C=O) groups is 2. The van der Waals surface area contributed by atoms with Gasteiger partial charge in [-0.2, -0.15) is 0 Å². The Balaban J connectivity index is 0.000000263. The van der Waals surface area contributed by atoms with Gasteiger partial charge in [0.05, 0.1) is 12.5 Å². The zero-order valence-electron chi connectivity index (χ0n) is 16.0. The van der Waals surface area contributed by atoms with E-state index in [1.54, 1.807) is 0 Å². The van der Waals surface area contributed by atoms with Gasteiger partial charge >= 0.3 is 11.9 Å². The van der Waals surface area contributed by atoms with Crippen LogP contribution in [0.3, 0.4) is 0 Å². The van der Waals surface area contributed by atoms with Crippen molar-refractivity contribution in [3.05, 3.63) is 70.8 Å². The van der Waals surface area contributed by atoms with Crippen molar-refractivity contribution in [1.82, 2.24) is 0 Å². The smallest absolute Gasteiger partial charge is 0.313 e. The molecule has 2 aromatic rings. The summed E-state index contributed by atoms with van der Waals surface area (Å²) in [7, 11) is 0. The second-order valence-electron chi connectivity index (χ2n) is 6.26. The Hall–Kier alpha value is -2.62. The van der Waals surface area contributed by atoms with Crippen LogP contribution in [0.5, 0.6) is 0 Å². The van der Waals surface area contributed by atoms with Gasteiger partial charge in [-0.1, -0.05) is 59.7 Å². The molecule has 140 valence electrons. The molecule has 0 radical (unpaired) electrons. The minimum atomic E-state index is -0.740. The van der Waals surface area contributed by atoms with Crippen LogP contribution in [0.1, 0.15) is 48.4 Å². The van der Waals surface area contributed by atoms with Gasteiger partial charge in [-0.3, -0.25) is 9.59 Å². The summed E-state index contributed by atoms with van der Waals surface area (Å²) >= 11 is 0. The van der Waals surface area contributed by atoms with Crippen molar-refractivity contribution in [3.8, 4) is 0 Å². The van der Waals surface area contributed by atoms with E-state index in [-0.39, 0.29) is 18.3 Å². The molecule has 0 bridgehead atoms. The molecule has 0 fully saturated rings. The monoisotopic (exact) mass is 356 g/mol. The minimum Gasteiger partial charge on any atom is -0.481 e. The number of benzene rings is 2. The molecule has 0 saturated carbocycles. The Kier molecular flexibility index (Phi) is 9.13. The van der Waals surface area contributed by atoms with Gasteiger partial charge in [0.1, 0.15) is 0 Å². The zero-order valence-corrected chi connectivity index (χ0v) is 16.0. The minimum absolute atomic E-state index is 0.156. The third kappa shape index (κ3) is 7.97. The van der Waals surface area contributed by atoms with Crippen molar-refractivity contribution in [2.75, 3.05) is 6.61 Å². The Labute approximate surface area is 155 Å². The number of carbonyl (C=O) groups excluding carboxylic acids is 1. The second-order valence-corrected chi connectivity index (χ2v) is 6.26. The highest BCUT2D eigenvalue weighted by Gasteiger charge is 2.15. The topological polar surface area (TPSA) is 63.6 Å². The lowest BCUT2D eigenvalue weighted by molar-refractivity contribution is -0.144. The predicted octanol–water partition coefficient (Wildman–Crippen LogP) is 4.67. The number of esters is 1. The third-order valence-corrected chi connectivity index (χ3v) is 3.97. The van der Waals surface area contributed by atoms with E-state index in [1.165, 1.54) is 11.1 Å². The van der Waals surface area contributed by atoms with E-state index in [2.05, 4.69) is 0 Å². The number of carboxylic acids is 1. The average molecular weight is 356 g/mol. The molecule has 4 nitrogen and oxygen atoms in total. The summed E-state index contributed by atoms with van der Waals surface area (Å²) in [6.07, 6.45) is 0.832. The van der Waals surface area contributed by atoms with Crippen molar-refractivity contribution in [1.29, 1.82) is 0 Å². The molecule has 0 aliphatic rings. The molecule has 0 aromatic heterocycles. The van der Waals surface area contributed by atoms with Crippen molar-refractivity contribution in [2.45, 2.75) is 46.5 Å². The van der Waals surface area contributed by atoms with E-state index in [9.17, 15) is 9.59 Å². The lowest BCUT2D eigenvalue weighted by Crippen LogP contribution is -2.12. The standard InChI is InChI=1S/C12H16O2.C10H12O2/c1-4-14-12(13)10(3)11-7-5-9(2)6-8-11;1-8-2-4-9(5-3-8)6-7-10(11)12/h5-8,10H,4H2,1-3H3;2-5H,6-7H2,1H3,(H,11,12). The fraction of sp³-hybridized carbons (Fsp3) is 0.364. The van der Waals surface area contributed by atoms with Crippen LogP contribution < -0.4 is 0 Å².